The molecular formula is C12H15N. The summed E-state index contributed by atoms with van der Waals surface area (Å²) in [5.74, 6) is 0. The van der Waals surface area contributed by atoms with Gasteiger partial charge in [0.25, 0.3) is 0 Å². The molecule has 1 heteroatoms. The van der Waals surface area contributed by atoms with Crippen LogP contribution in [0.25, 0.3) is 5.57 Å². The zero-order valence-electron chi connectivity index (χ0n) is 8.01. The summed E-state index contributed by atoms with van der Waals surface area (Å²) >= 11 is 0. The minimum atomic E-state index is 0.751. The van der Waals surface area contributed by atoms with Gasteiger partial charge in [0, 0.05) is 0 Å². The van der Waals surface area contributed by atoms with Crippen LogP contribution in [-0.4, -0.2) is 6.54 Å². The number of hydrogen-bond donors (Lipinski definition) is 1. The van der Waals surface area contributed by atoms with Crippen molar-refractivity contribution in [1.29, 1.82) is 0 Å². The first-order valence-corrected chi connectivity index (χ1v) is 4.80. The van der Waals surface area contributed by atoms with Crippen LogP contribution in [0.15, 0.2) is 29.8 Å². The van der Waals surface area contributed by atoms with E-state index in [0.717, 1.165) is 19.4 Å². The monoisotopic (exact) mass is 173 g/mol. The number of hydrogen-bond acceptors (Lipinski definition) is 1. The largest absolute Gasteiger partial charge is 0.330 e. The van der Waals surface area contributed by atoms with Crippen LogP contribution in [0.5, 0.6) is 0 Å². The fraction of sp³-hybridized carbons (Fsp3) is 0.333. The molecule has 0 amide bonds. The van der Waals surface area contributed by atoms with E-state index in [1.54, 1.807) is 0 Å². The van der Waals surface area contributed by atoms with Crippen molar-refractivity contribution in [3.63, 3.8) is 0 Å². The second-order valence-corrected chi connectivity index (χ2v) is 3.63. The third-order valence-electron chi connectivity index (χ3n) is 2.71. The smallest absolute Gasteiger partial charge is 0.00365 e. The van der Waals surface area contributed by atoms with Crippen LogP contribution in [-0.2, 0) is 6.42 Å². The van der Waals surface area contributed by atoms with Crippen molar-refractivity contribution in [2.24, 2.45) is 5.73 Å². The van der Waals surface area contributed by atoms with Gasteiger partial charge in [-0.2, -0.15) is 0 Å². The predicted molar refractivity (Wildman–Crippen MR) is 56.4 cm³/mol. The van der Waals surface area contributed by atoms with Crippen LogP contribution in [0.1, 0.15) is 24.5 Å². The highest BCUT2D eigenvalue weighted by Gasteiger charge is 2.16. The standard InChI is InChI=1S/C12H15N/c1-9-8-10-4-2-3-5-12(10)11(9)6-7-13/h2-5H,6-8,13H2,1H3. The Kier molecular flexibility index (Phi) is 2.19. The van der Waals surface area contributed by atoms with Gasteiger partial charge in [0.15, 0.2) is 0 Å². The zero-order valence-corrected chi connectivity index (χ0v) is 8.01. The molecule has 0 aliphatic heterocycles. The second-order valence-electron chi connectivity index (χ2n) is 3.63. The van der Waals surface area contributed by atoms with E-state index in [1.807, 2.05) is 0 Å². The Labute approximate surface area is 79.3 Å². The quantitative estimate of drug-likeness (QED) is 0.730. The summed E-state index contributed by atoms with van der Waals surface area (Å²) in [5.41, 5.74) is 11.4. The molecule has 0 atom stereocenters. The Hall–Kier alpha value is -1.08. The Bertz CT molecular complexity index is 350. The van der Waals surface area contributed by atoms with Crippen LogP contribution in [0.3, 0.4) is 0 Å². The number of allylic oxidation sites excluding steroid dienone is 1. The molecule has 13 heavy (non-hydrogen) atoms. The van der Waals surface area contributed by atoms with Gasteiger partial charge in [-0.3, -0.25) is 0 Å². The molecular weight excluding hydrogens is 158 g/mol. The van der Waals surface area contributed by atoms with E-state index in [-0.39, 0.29) is 0 Å². The molecule has 0 unspecified atom stereocenters. The van der Waals surface area contributed by atoms with Gasteiger partial charge in [0.2, 0.25) is 0 Å². The summed E-state index contributed by atoms with van der Waals surface area (Å²) < 4.78 is 0. The van der Waals surface area contributed by atoms with Crippen molar-refractivity contribution < 1.29 is 0 Å². The van der Waals surface area contributed by atoms with E-state index < -0.39 is 0 Å². The maximum absolute atomic E-state index is 5.59. The van der Waals surface area contributed by atoms with Crippen molar-refractivity contribution in [3.05, 3.63) is 41.0 Å². The SMILES string of the molecule is CC1=C(CCN)c2ccccc2C1. The topological polar surface area (TPSA) is 26.0 Å². The first-order valence-electron chi connectivity index (χ1n) is 4.80. The predicted octanol–water partition coefficient (Wildman–Crippen LogP) is 2.37. The Balaban J connectivity index is 2.41. The van der Waals surface area contributed by atoms with Gasteiger partial charge < -0.3 is 5.73 Å². The highest BCUT2D eigenvalue weighted by atomic mass is 14.5. The lowest BCUT2D eigenvalue weighted by molar-refractivity contribution is 1.02. The lowest BCUT2D eigenvalue weighted by atomic mass is 10.0. The van der Waals surface area contributed by atoms with Gasteiger partial charge in [-0.1, -0.05) is 29.8 Å². The van der Waals surface area contributed by atoms with E-state index in [2.05, 4.69) is 31.2 Å². The van der Waals surface area contributed by atoms with Gasteiger partial charge >= 0.3 is 0 Å². The fourth-order valence-electron chi connectivity index (χ4n) is 2.08. The first kappa shape index (κ1) is 8.52. The Morgan fingerprint density at radius 3 is 2.85 bits per heavy atom. The summed E-state index contributed by atoms with van der Waals surface area (Å²) in [4.78, 5) is 0. The van der Waals surface area contributed by atoms with Crippen LogP contribution >= 0.6 is 0 Å². The minimum absolute atomic E-state index is 0.751. The molecule has 2 rings (SSSR count). The molecule has 0 saturated heterocycles. The maximum atomic E-state index is 5.59. The summed E-state index contributed by atoms with van der Waals surface area (Å²) in [6.45, 7) is 2.96. The van der Waals surface area contributed by atoms with Crippen molar-refractivity contribution in [2.45, 2.75) is 19.8 Å². The van der Waals surface area contributed by atoms with E-state index in [1.165, 1.54) is 22.3 Å². The van der Waals surface area contributed by atoms with Crippen molar-refractivity contribution in [2.75, 3.05) is 6.54 Å². The van der Waals surface area contributed by atoms with E-state index in [9.17, 15) is 0 Å². The van der Waals surface area contributed by atoms with Gasteiger partial charge in [0.1, 0.15) is 0 Å². The lowest BCUT2D eigenvalue weighted by Crippen LogP contribution is -1.99. The highest BCUT2D eigenvalue weighted by molar-refractivity contribution is 5.76. The van der Waals surface area contributed by atoms with Crippen LogP contribution in [0, 0.1) is 0 Å². The van der Waals surface area contributed by atoms with Crippen molar-refractivity contribution >= 4 is 5.57 Å². The average molecular weight is 173 g/mol. The molecule has 1 aromatic carbocycles. The third kappa shape index (κ3) is 1.40. The molecule has 68 valence electrons. The molecule has 0 bridgehead atoms. The summed E-state index contributed by atoms with van der Waals surface area (Å²) in [6.07, 6.45) is 2.13. The average Bonchev–Trinajstić information content (AvgIpc) is 2.44. The molecule has 0 fully saturated rings. The zero-order chi connectivity index (χ0) is 9.26. The molecule has 1 aliphatic carbocycles. The molecule has 1 aliphatic rings. The fourth-order valence-corrected chi connectivity index (χ4v) is 2.08. The van der Waals surface area contributed by atoms with Gasteiger partial charge in [0.05, 0.1) is 0 Å². The summed E-state index contributed by atoms with van der Waals surface area (Å²) in [7, 11) is 0. The summed E-state index contributed by atoms with van der Waals surface area (Å²) in [5, 5.41) is 0. The first-order chi connectivity index (χ1) is 6.33. The molecule has 0 aromatic heterocycles. The van der Waals surface area contributed by atoms with Crippen molar-refractivity contribution in [1.82, 2.24) is 0 Å². The van der Waals surface area contributed by atoms with E-state index in [0.29, 0.717) is 0 Å². The number of rotatable bonds is 2. The number of nitrogens with two attached hydrogens (primary N) is 1. The molecule has 2 N–H and O–H groups in total. The van der Waals surface area contributed by atoms with Gasteiger partial charge in [-0.15, -0.1) is 0 Å². The maximum Gasteiger partial charge on any atom is -0.00365 e. The lowest BCUT2D eigenvalue weighted by Gasteiger charge is -2.03. The Morgan fingerprint density at radius 1 is 1.31 bits per heavy atom. The molecule has 0 saturated carbocycles. The van der Waals surface area contributed by atoms with E-state index in [4.69, 9.17) is 5.73 Å². The highest BCUT2D eigenvalue weighted by Crippen LogP contribution is 2.33. The molecule has 1 aromatic rings. The van der Waals surface area contributed by atoms with Gasteiger partial charge in [-0.25, -0.2) is 0 Å². The van der Waals surface area contributed by atoms with Crippen LogP contribution < -0.4 is 5.73 Å². The molecule has 0 spiro atoms. The van der Waals surface area contributed by atoms with Crippen molar-refractivity contribution in [3.8, 4) is 0 Å². The summed E-state index contributed by atoms with van der Waals surface area (Å²) in [6, 6.07) is 8.63. The van der Waals surface area contributed by atoms with Crippen LogP contribution in [0.2, 0.25) is 0 Å². The normalized spacial score (nSPS) is 14.9. The molecule has 1 nitrogen and oxygen atoms in total. The van der Waals surface area contributed by atoms with Crippen LogP contribution in [0.4, 0.5) is 0 Å². The molecule has 0 heterocycles. The number of fused-ring (bicyclic) bond motifs is 1. The number of benzene rings is 1. The second kappa shape index (κ2) is 3.35. The van der Waals surface area contributed by atoms with E-state index >= 15 is 0 Å². The third-order valence-corrected chi connectivity index (χ3v) is 2.71. The Morgan fingerprint density at radius 2 is 2.08 bits per heavy atom. The minimum Gasteiger partial charge on any atom is -0.330 e. The molecule has 0 radical (unpaired) electrons. The van der Waals surface area contributed by atoms with Gasteiger partial charge in [-0.05, 0) is 43.0 Å².